The van der Waals surface area contributed by atoms with Crippen LogP contribution in [0.5, 0.6) is 0 Å². The normalized spacial score (nSPS) is 10.9. The monoisotopic (exact) mass is 459 g/mol. The Morgan fingerprint density at radius 3 is 2.54 bits per heavy atom. The first kappa shape index (κ1) is 18.5. The molecular weight excluding hydrogens is 446 g/mol. The van der Waals surface area contributed by atoms with Crippen molar-refractivity contribution >= 4 is 39.1 Å². The van der Waals surface area contributed by atoms with Crippen LogP contribution in [0.1, 0.15) is 21.9 Å². The van der Waals surface area contributed by atoms with Gasteiger partial charge < -0.3 is 9.73 Å². The molecule has 0 saturated carbocycles. The van der Waals surface area contributed by atoms with Gasteiger partial charge in [-0.2, -0.15) is 10.2 Å². The number of benzene rings is 1. The smallest absolute Gasteiger partial charge is 0.291 e. The van der Waals surface area contributed by atoms with Crippen molar-refractivity contribution in [2.24, 2.45) is 0 Å². The minimum Gasteiger partial charge on any atom is -0.454 e. The van der Waals surface area contributed by atoms with Crippen LogP contribution in [-0.4, -0.2) is 25.5 Å². The number of carbonyl (C=O) groups excluding carboxylic acids is 1. The highest BCUT2D eigenvalue weighted by atomic mass is 79.9. The van der Waals surface area contributed by atoms with Crippen molar-refractivity contribution in [3.05, 3.63) is 87.8 Å². The summed E-state index contributed by atoms with van der Waals surface area (Å²) < 4.78 is 9.95. The third kappa shape index (κ3) is 4.52. The molecule has 0 radical (unpaired) electrons. The molecule has 142 valence electrons. The van der Waals surface area contributed by atoms with Crippen molar-refractivity contribution in [2.75, 3.05) is 5.32 Å². The molecule has 0 aliphatic heterocycles. The molecule has 28 heavy (non-hydrogen) atoms. The Morgan fingerprint density at radius 2 is 1.79 bits per heavy atom. The lowest BCUT2D eigenvalue weighted by molar-refractivity contribution is 0.0994. The number of aromatic nitrogens is 4. The highest BCUT2D eigenvalue weighted by Gasteiger charge is 2.13. The maximum absolute atomic E-state index is 12.4. The molecule has 4 rings (SSSR count). The van der Waals surface area contributed by atoms with Gasteiger partial charge in [0.15, 0.2) is 5.76 Å². The molecule has 7 nitrogen and oxygen atoms in total. The van der Waals surface area contributed by atoms with Crippen LogP contribution in [-0.2, 0) is 13.1 Å². The van der Waals surface area contributed by atoms with Gasteiger partial charge in [-0.25, -0.2) is 0 Å². The van der Waals surface area contributed by atoms with Crippen LogP contribution >= 0.6 is 27.5 Å². The summed E-state index contributed by atoms with van der Waals surface area (Å²) in [6.07, 6.45) is 6.88. The maximum Gasteiger partial charge on any atom is 0.291 e. The molecular formula is C19H15BrClN5O2. The third-order valence-electron chi connectivity index (χ3n) is 3.95. The molecule has 0 aliphatic rings. The van der Waals surface area contributed by atoms with Gasteiger partial charge >= 0.3 is 0 Å². The molecule has 0 bridgehead atoms. The molecule has 1 aromatic carbocycles. The number of amides is 1. The first-order valence-corrected chi connectivity index (χ1v) is 9.57. The molecule has 4 aromatic rings. The number of carbonyl (C=O) groups is 1. The second-order valence-electron chi connectivity index (χ2n) is 6.13. The third-order valence-corrected chi connectivity index (χ3v) is 4.62. The molecule has 0 atom stereocenters. The van der Waals surface area contributed by atoms with E-state index in [1.807, 2.05) is 30.5 Å². The van der Waals surface area contributed by atoms with E-state index in [0.29, 0.717) is 29.6 Å². The summed E-state index contributed by atoms with van der Waals surface area (Å²) in [7, 11) is 0. The van der Waals surface area contributed by atoms with Crippen LogP contribution in [0.4, 0.5) is 5.69 Å². The molecule has 0 fully saturated rings. The summed E-state index contributed by atoms with van der Waals surface area (Å²) in [6.45, 7) is 1.02. The van der Waals surface area contributed by atoms with Crippen molar-refractivity contribution in [1.29, 1.82) is 0 Å². The van der Waals surface area contributed by atoms with Crippen LogP contribution in [0.2, 0.25) is 5.02 Å². The van der Waals surface area contributed by atoms with Crippen LogP contribution < -0.4 is 5.32 Å². The number of rotatable bonds is 6. The van der Waals surface area contributed by atoms with Gasteiger partial charge in [0, 0.05) is 17.4 Å². The Bertz CT molecular complexity index is 1100. The van der Waals surface area contributed by atoms with Gasteiger partial charge in [0.05, 0.1) is 35.6 Å². The summed E-state index contributed by atoms with van der Waals surface area (Å²) in [5, 5.41) is 11.9. The average Bonchev–Trinajstić information content (AvgIpc) is 3.40. The van der Waals surface area contributed by atoms with Crippen LogP contribution in [0.25, 0.3) is 0 Å². The zero-order valence-corrected chi connectivity index (χ0v) is 16.9. The average molecular weight is 461 g/mol. The van der Waals surface area contributed by atoms with E-state index in [-0.39, 0.29) is 11.7 Å². The molecule has 1 N–H and O–H groups in total. The van der Waals surface area contributed by atoms with Gasteiger partial charge in [0.1, 0.15) is 5.76 Å². The molecule has 0 saturated heterocycles. The van der Waals surface area contributed by atoms with E-state index in [2.05, 4.69) is 31.4 Å². The Labute approximate surface area is 174 Å². The van der Waals surface area contributed by atoms with Crippen molar-refractivity contribution in [2.45, 2.75) is 13.1 Å². The Hall–Kier alpha value is -2.84. The second kappa shape index (κ2) is 8.04. The number of nitrogens with one attached hydrogen (secondary N) is 1. The number of furan rings is 1. The first-order valence-electron chi connectivity index (χ1n) is 8.40. The summed E-state index contributed by atoms with van der Waals surface area (Å²) in [6, 6.07) is 10.9. The molecule has 1 amide bonds. The lowest BCUT2D eigenvalue weighted by atomic mass is 10.2. The Kier molecular flexibility index (Phi) is 5.31. The molecule has 0 spiro atoms. The predicted molar refractivity (Wildman–Crippen MR) is 108 cm³/mol. The van der Waals surface area contributed by atoms with Crippen molar-refractivity contribution in [3.8, 4) is 0 Å². The quantitative estimate of drug-likeness (QED) is 0.461. The first-order chi connectivity index (χ1) is 13.5. The van der Waals surface area contributed by atoms with E-state index in [0.717, 1.165) is 10.0 Å². The van der Waals surface area contributed by atoms with Gasteiger partial charge in [0.25, 0.3) is 5.91 Å². The van der Waals surface area contributed by atoms with Crippen LogP contribution in [0, 0.1) is 0 Å². The van der Waals surface area contributed by atoms with E-state index < -0.39 is 0 Å². The lowest BCUT2D eigenvalue weighted by Crippen LogP contribution is -2.10. The zero-order chi connectivity index (χ0) is 19.5. The van der Waals surface area contributed by atoms with Gasteiger partial charge in [-0.1, -0.05) is 23.7 Å². The van der Waals surface area contributed by atoms with E-state index >= 15 is 0 Å². The maximum atomic E-state index is 12.4. The SMILES string of the molecule is O=C(Nc1cnn(Cc2ccc(Cl)cc2)c1)c1ccc(Cn2cc(Br)cn2)o1. The highest BCUT2D eigenvalue weighted by molar-refractivity contribution is 9.10. The molecule has 9 heteroatoms. The fourth-order valence-corrected chi connectivity index (χ4v) is 3.11. The predicted octanol–water partition coefficient (Wildman–Crippen LogP) is 4.44. The summed E-state index contributed by atoms with van der Waals surface area (Å²) in [4.78, 5) is 12.4. The lowest BCUT2D eigenvalue weighted by Gasteiger charge is -2.02. The molecule has 3 aromatic heterocycles. The number of anilines is 1. The largest absolute Gasteiger partial charge is 0.454 e. The van der Waals surface area contributed by atoms with Gasteiger partial charge in [0.2, 0.25) is 0 Å². The topological polar surface area (TPSA) is 77.9 Å². The van der Waals surface area contributed by atoms with Crippen molar-refractivity contribution in [3.63, 3.8) is 0 Å². The van der Waals surface area contributed by atoms with E-state index in [4.69, 9.17) is 16.0 Å². The number of hydrogen-bond donors (Lipinski definition) is 1. The van der Waals surface area contributed by atoms with Crippen LogP contribution in [0.3, 0.4) is 0 Å². The Morgan fingerprint density at radius 1 is 1.04 bits per heavy atom. The Balaban J connectivity index is 1.37. The fraction of sp³-hybridized carbons (Fsp3) is 0.105. The van der Waals surface area contributed by atoms with E-state index in [1.165, 1.54) is 0 Å². The minimum absolute atomic E-state index is 0.228. The molecule has 3 heterocycles. The molecule has 0 aliphatic carbocycles. The highest BCUT2D eigenvalue weighted by Crippen LogP contribution is 2.15. The van der Waals surface area contributed by atoms with Crippen LogP contribution in [0.15, 0.2) is 70.1 Å². The van der Waals surface area contributed by atoms with E-state index in [9.17, 15) is 4.79 Å². The summed E-state index contributed by atoms with van der Waals surface area (Å²) in [5.41, 5.74) is 1.65. The van der Waals surface area contributed by atoms with Gasteiger partial charge in [-0.05, 0) is 45.8 Å². The summed E-state index contributed by atoms with van der Waals surface area (Å²) >= 11 is 9.24. The van der Waals surface area contributed by atoms with Gasteiger partial charge in [-0.3, -0.25) is 14.2 Å². The molecule has 0 unspecified atom stereocenters. The van der Waals surface area contributed by atoms with Crippen molar-refractivity contribution in [1.82, 2.24) is 19.6 Å². The van der Waals surface area contributed by atoms with E-state index in [1.54, 1.807) is 40.1 Å². The zero-order valence-electron chi connectivity index (χ0n) is 14.5. The minimum atomic E-state index is -0.334. The van der Waals surface area contributed by atoms with Gasteiger partial charge in [-0.15, -0.1) is 0 Å². The van der Waals surface area contributed by atoms with Crippen molar-refractivity contribution < 1.29 is 9.21 Å². The number of hydrogen-bond acceptors (Lipinski definition) is 4. The standard InChI is InChI=1S/C19H15BrClN5O2/c20-14-7-22-26(10-14)12-17-5-6-18(28-17)19(27)24-16-8-23-25(11-16)9-13-1-3-15(21)4-2-13/h1-8,10-11H,9,12H2,(H,24,27). The fourth-order valence-electron chi connectivity index (χ4n) is 2.65. The number of nitrogens with zero attached hydrogens (tertiary/aromatic N) is 4. The second-order valence-corrected chi connectivity index (χ2v) is 7.48. The number of halogens is 2. The summed E-state index contributed by atoms with van der Waals surface area (Å²) in [5.74, 6) is 0.532.